The molecule has 0 bridgehead atoms. The summed E-state index contributed by atoms with van der Waals surface area (Å²) in [5.41, 5.74) is 3.86. The molecule has 0 atom stereocenters. The Hall–Kier alpha value is -2.35. The first-order valence-electron chi connectivity index (χ1n) is 11.2. The lowest BCUT2D eigenvalue weighted by Gasteiger charge is -2.24. The van der Waals surface area contributed by atoms with E-state index >= 15 is 0 Å². The summed E-state index contributed by atoms with van der Waals surface area (Å²) in [5, 5.41) is 19.8. The highest BCUT2D eigenvalue weighted by Gasteiger charge is 2.36. The average Bonchev–Trinajstić information content (AvgIpc) is 3.70. The summed E-state index contributed by atoms with van der Waals surface area (Å²) in [5.74, 6) is 0.558. The number of ketones is 1. The van der Waals surface area contributed by atoms with Gasteiger partial charge in [-0.05, 0) is 51.7 Å². The van der Waals surface area contributed by atoms with Crippen molar-refractivity contribution in [3.05, 3.63) is 61.6 Å². The second-order valence-corrected chi connectivity index (χ2v) is 9.92. The number of carbonyl (C=O) groups is 1. The van der Waals surface area contributed by atoms with Crippen LogP contribution in [0.25, 0.3) is 0 Å². The van der Waals surface area contributed by atoms with Gasteiger partial charge in [0.15, 0.2) is 0 Å². The molecule has 0 spiro atoms. The molecule has 2 aliphatic carbocycles. The first-order chi connectivity index (χ1) is 15.8. The van der Waals surface area contributed by atoms with Gasteiger partial charge >= 0.3 is 0 Å². The van der Waals surface area contributed by atoms with Gasteiger partial charge in [-0.1, -0.05) is 28.4 Å². The third-order valence-electron chi connectivity index (χ3n) is 6.63. The number of aromatic nitrogens is 3. The first-order valence-corrected chi connectivity index (χ1v) is 11.9. The summed E-state index contributed by atoms with van der Waals surface area (Å²) in [6, 6.07) is 3.77. The molecular weight excluding hydrogens is 463 g/mol. The first kappa shape index (κ1) is 22.4. The zero-order chi connectivity index (χ0) is 23.4. The van der Waals surface area contributed by atoms with Crippen molar-refractivity contribution in [2.45, 2.75) is 64.6 Å². The van der Waals surface area contributed by atoms with Crippen molar-refractivity contribution in [2.75, 3.05) is 0 Å². The summed E-state index contributed by atoms with van der Waals surface area (Å²) >= 11 is 13.4. The molecule has 174 valence electrons. The molecule has 0 saturated heterocycles. The predicted molar refractivity (Wildman–Crippen MR) is 125 cm³/mol. The zero-order valence-corrected chi connectivity index (χ0v) is 20.4. The molecular formula is C24H26Cl2N4O3. The minimum Gasteiger partial charge on any atom is -0.493 e. The quantitative estimate of drug-likeness (QED) is 0.432. The minimum atomic E-state index is -0.325. The summed E-state index contributed by atoms with van der Waals surface area (Å²) in [7, 11) is 1.63. The fraction of sp³-hybridized carbons (Fsp3) is 0.458. The SMILES string of the molecule is Cc1noc(C)c1CN(Cc1c(Cl)ccc(C(=O)c2c(C3CC3)nn(C)c2O)c1Cl)C1CC1. The fourth-order valence-electron chi connectivity index (χ4n) is 4.34. The average molecular weight is 489 g/mol. The van der Waals surface area contributed by atoms with Gasteiger partial charge in [-0.25, -0.2) is 4.68 Å². The highest BCUT2D eigenvalue weighted by Crippen LogP contribution is 2.44. The second-order valence-electron chi connectivity index (χ2n) is 9.14. The topological polar surface area (TPSA) is 84.4 Å². The zero-order valence-electron chi connectivity index (χ0n) is 18.9. The van der Waals surface area contributed by atoms with Crippen LogP contribution in [0.5, 0.6) is 5.88 Å². The van der Waals surface area contributed by atoms with Crippen LogP contribution in [0.15, 0.2) is 16.7 Å². The lowest BCUT2D eigenvalue weighted by Crippen LogP contribution is -2.26. The van der Waals surface area contributed by atoms with Crippen molar-refractivity contribution in [3.63, 3.8) is 0 Å². The maximum absolute atomic E-state index is 13.5. The number of hydrogen-bond acceptors (Lipinski definition) is 6. The highest BCUT2D eigenvalue weighted by molar-refractivity contribution is 6.39. The number of aryl methyl sites for hydroxylation is 3. The normalized spacial score (nSPS) is 16.1. The van der Waals surface area contributed by atoms with Gasteiger partial charge in [0.1, 0.15) is 11.3 Å². The van der Waals surface area contributed by atoms with Crippen LogP contribution in [-0.2, 0) is 20.1 Å². The van der Waals surface area contributed by atoms with Gasteiger partial charge in [0.05, 0.1) is 16.4 Å². The van der Waals surface area contributed by atoms with E-state index in [2.05, 4.69) is 15.2 Å². The van der Waals surface area contributed by atoms with Crippen molar-refractivity contribution >= 4 is 29.0 Å². The van der Waals surface area contributed by atoms with Crippen molar-refractivity contribution in [1.82, 2.24) is 19.8 Å². The van der Waals surface area contributed by atoms with Crippen molar-refractivity contribution in [2.24, 2.45) is 7.05 Å². The van der Waals surface area contributed by atoms with Crippen LogP contribution >= 0.6 is 23.2 Å². The number of halogens is 2. The van der Waals surface area contributed by atoms with Crippen LogP contribution in [0, 0.1) is 13.8 Å². The number of rotatable bonds is 8. The van der Waals surface area contributed by atoms with Crippen LogP contribution < -0.4 is 0 Å². The van der Waals surface area contributed by atoms with E-state index in [1.54, 1.807) is 19.2 Å². The van der Waals surface area contributed by atoms with E-state index in [0.29, 0.717) is 46.0 Å². The Kier molecular flexibility index (Phi) is 5.75. The van der Waals surface area contributed by atoms with Crippen molar-refractivity contribution in [3.8, 4) is 5.88 Å². The van der Waals surface area contributed by atoms with Crippen LogP contribution in [0.4, 0.5) is 0 Å². The largest absolute Gasteiger partial charge is 0.493 e. The van der Waals surface area contributed by atoms with E-state index in [1.165, 1.54) is 4.68 Å². The maximum Gasteiger partial charge on any atom is 0.220 e. The number of carbonyl (C=O) groups excluding carboxylic acids is 1. The number of hydrogen-bond donors (Lipinski definition) is 1. The Bertz CT molecular complexity index is 1220. The molecule has 1 aromatic carbocycles. The van der Waals surface area contributed by atoms with Crippen molar-refractivity contribution in [1.29, 1.82) is 0 Å². The standard InChI is InChI=1S/C24H26Cl2N4O3/c1-12-17(13(2)33-28-12)10-30(15-6-7-15)11-18-19(25)9-8-16(21(18)26)23(31)20-22(14-4-5-14)27-29(3)24(20)32/h8-9,14-15,32H,4-7,10-11H2,1-3H3. The van der Waals surface area contributed by atoms with E-state index in [-0.39, 0.29) is 23.1 Å². The second kappa shape index (κ2) is 8.46. The van der Waals surface area contributed by atoms with Gasteiger partial charge in [-0.3, -0.25) is 9.69 Å². The molecule has 1 N–H and O–H groups in total. The summed E-state index contributed by atoms with van der Waals surface area (Å²) in [4.78, 5) is 15.8. The van der Waals surface area contributed by atoms with Gasteiger partial charge < -0.3 is 9.63 Å². The number of nitrogens with zero attached hydrogens (tertiary/aromatic N) is 4. The van der Waals surface area contributed by atoms with E-state index in [1.807, 2.05) is 13.8 Å². The van der Waals surface area contributed by atoms with E-state index in [0.717, 1.165) is 42.7 Å². The highest BCUT2D eigenvalue weighted by atomic mass is 35.5. The monoisotopic (exact) mass is 488 g/mol. The third-order valence-corrected chi connectivity index (χ3v) is 7.42. The van der Waals surface area contributed by atoms with Crippen LogP contribution in [-0.4, -0.2) is 36.8 Å². The Morgan fingerprint density at radius 2 is 1.88 bits per heavy atom. The van der Waals surface area contributed by atoms with Gasteiger partial charge in [-0.15, -0.1) is 0 Å². The smallest absolute Gasteiger partial charge is 0.220 e. The van der Waals surface area contributed by atoms with E-state index < -0.39 is 0 Å². The molecule has 9 heteroatoms. The van der Waals surface area contributed by atoms with Gasteiger partial charge in [-0.2, -0.15) is 5.10 Å². The molecule has 5 rings (SSSR count). The Morgan fingerprint density at radius 3 is 2.48 bits per heavy atom. The van der Waals surface area contributed by atoms with Gasteiger partial charge in [0, 0.05) is 53.8 Å². The molecule has 0 aliphatic heterocycles. The van der Waals surface area contributed by atoms with Gasteiger partial charge in [0.2, 0.25) is 11.7 Å². The summed E-state index contributed by atoms with van der Waals surface area (Å²) in [6.07, 6.45) is 4.14. The maximum atomic E-state index is 13.5. The summed E-state index contributed by atoms with van der Waals surface area (Å²) < 4.78 is 6.69. The molecule has 2 heterocycles. The lowest BCUT2D eigenvalue weighted by molar-refractivity contribution is 0.103. The summed E-state index contributed by atoms with van der Waals surface area (Å²) in [6.45, 7) is 5.03. The van der Waals surface area contributed by atoms with Crippen LogP contribution in [0.3, 0.4) is 0 Å². The van der Waals surface area contributed by atoms with Crippen LogP contribution in [0.2, 0.25) is 10.0 Å². The van der Waals surface area contributed by atoms with E-state index in [4.69, 9.17) is 27.7 Å². The molecule has 2 fully saturated rings. The molecule has 0 amide bonds. The molecule has 2 aliphatic rings. The Balaban J connectivity index is 1.48. The number of aromatic hydroxyl groups is 1. The Labute approximate surface area is 202 Å². The lowest BCUT2D eigenvalue weighted by atomic mass is 9.99. The fourth-order valence-corrected chi connectivity index (χ4v) is 4.91. The third kappa shape index (κ3) is 4.18. The van der Waals surface area contributed by atoms with Crippen LogP contribution in [0.1, 0.15) is 75.8 Å². The Morgan fingerprint density at radius 1 is 1.18 bits per heavy atom. The minimum absolute atomic E-state index is 0.132. The van der Waals surface area contributed by atoms with Gasteiger partial charge in [0.25, 0.3) is 0 Å². The van der Waals surface area contributed by atoms with Crippen molar-refractivity contribution < 1.29 is 14.4 Å². The molecule has 0 unspecified atom stereocenters. The molecule has 33 heavy (non-hydrogen) atoms. The number of benzene rings is 1. The predicted octanol–water partition coefficient (Wildman–Crippen LogP) is 5.31. The van der Waals surface area contributed by atoms with E-state index in [9.17, 15) is 9.90 Å². The molecule has 0 radical (unpaired) electrons. The molecule has 2 saturated carbocycles. The molecule has 3 aromatic rings. The molecule has 2 aromatic heterocycles. The molecule has 7 nitrogen and oxygen atoms in total.